The summed E-state index contributed by atoms with van der Waals surface area (Å²) < 4.78 is 52.5. The summed E-state index contributed by atoms with van der Waals surface area (Å²) in [6.07, 6.45) is 15.9. The quantitative estimate of drug-likeness (QED) is 0.125. The summed E-state index contributed by atoms with van der Waals surface area (Å²) in [7, 11) is -3.02. The molecular weight excluding hydrogens is 865 g/mol. The Bertz CT molecular complexity index is 1810. The monoisotopic (exact) mass is 961 g/mol. The summed E-state index contributed by atoms with van der Waals surface area (Å²) in [6.45, 7) is 40.5. The summed E-state index contributed by atoms with van der Waals surface area (Å²) in [6, 6.07) is 5.99. The van der Waals surface area contributed by atoms with Gasteiger partial charge >= 0.3 is 0 Å². The minimum atomic E-state index is -4.02. The van der Waals surface area contributed by atoms with Crippen LogP contribution in [0, 0.1) is 64.1 Å². The zero-order valence-corrected chi connectivity index (χ0v) is 45.3. The molecule has 11 heteroatoms. The Hall–Kier alpha value is -2.19. The average molecular weight is 961 g/mol. The molecule has 10 nitrogen and oxygen atoms in total. The minimum Gasteiger partial charge on any atom is -0.400 e. The number of benzene rings is 1. The van der Waals surface area contributed by atoms with Gasteiger partial charge in [-0.2, -0.15) is 8.42 Å². The maximum Gasteiger partial charge on any atom is 0.294 e. The van der Waals surface area contributed by atoms with Gasteiger partial charge in [0.05, 0.1) is 18.1 Å². The Kier molecular flexibility index (Phi) is 24.9. The Balaban J connectivity index is 0.000000289. The highest BCUT2D eigenvalue weighted by atomic mass is 32.2. The molecule has 6 aliphatic rings. The second-order valence-corrected chi connectivity index (χ2v) is 23.7. The van der Waals surface area contributed by atoms with Crippen LogP contribution >= 0.6 is 0 Å². The molecule has 0 spiro atoms. The van der Waals surface area contributed by atoms with Gasteiger partial charge in [0.25, 0.3) is 10.1 Å². The fraction of sp³-hybridized carbons (Fsp3) is 0.750. The fourth-order valence-corrected chi connectivity index (χ4v) is 10.8. The average Bonchev–Trinajstić information content (AvgIpc) is 3.27. The minimum absolute atomic E-state index is 0.0623. The van der Waals surface area contributed by atoms with E-state index in [0.717, 1.165) is 64.8 Å². The second kappa shape index (κ2) is 27.4. The highest BCUT2D eigenvalue weighted by Crippen LogP contribution is 2.54. The van der Waals surface area contributed by atoms with Crippen LogP contribution in [0.1, 0.15) is 153 Å². The molecular formula is C56H96O10S. The molecule has 0 radical (unpaired) electrons. The number of hydrogen-bond acceptors (Lipinski definition) is 9. The van der Waals surface area contributed by atoms with Crippen molar-refractivity contribution < 1.29 is 47.2 Å². The molecule has 4 N–H and O–H groups in total. The summed E-state index contributed by atoms with van der Waals surface area (Å²) >= 11 is 0. The number of hydrogen-bond donors (Lipinski definition) is 4. The van der Waals surface area contributed by atoms with Crippen LogP contribution in [0.25, 0.3) is 0 Å². The first-order valence-corrected chi connectivity index (χ1v) is 26.5. The Morgan fingerprint density at radius 3 is 1.36 bits per heavy atom. The van der Waals surface area contributed by atoms with Gasteiger partial charge in [0.15, 0.2) is 12.6 Å². The highest BCUT2D eigenvalue weighted by molar-refractivity contribution is 7.85. The lowest BCUT2D eigenvalue weighted by Crippen LogP contribution is -2.46. The molecule has 386 valence electrons. The third-order valence-corrected chi connectivity index (χ3v) is 17.2. The van der Waals surface area contributed by atoms with E-state index in [1.54, 1.807) is 17.7 Å². The van der Waals surface area contributed by atoms with Gasteiger partial charge in [0, 0.05) is 33.5 Å². The number of aliphatic hydroxyl groups excluding tert-OH is 3. The van der Waals surface area contributed by atoms with Crippen LogP contribution in [0.2, 0.25) is 0 Å². The third kappa shape index (κ3) is 17.0. The van der Waals surface area contributed by atoms with Crippen molar-refractivity contribution in [1.29, 1.82) is 0 Å². The molecule has 2 saturated heterocycles. The van der Waals surface area contributed by atoms with Gasteiger partial charge in [0.1, 0.15) is 0 Å². The molecule has 67 heavy (non-hydrogen) atoms. The van der Waals surface area contributed by atoms with Crippen molar-refractivity contribution in [3.05, 3.63) is 77.4 Å². The van der Waals surface area contributed by atoms with Crippen molar-refractivity contribution in [2.24, 2.45) is 57.2 Å². The first kappa shape index (κ1) is 60.9. The molecule has 0 aromatic heterocycles. The zero-order valence-electron chi connectivity index (χ0n) is 44.5. The third-order valence-electron chi connectivity index (χ3n) is 16.4. The van der Waals surface area contributed by atoms with Crippen molar-refractivity contribution in [3.8, 4) is 0 Å². The molecule has 8 atom stereocenters. The predicted octanol–water partition coefficient (Wildman–Crippen LogP) is 12.3. The van der Waals surface area contributed by atoms with E-state index in [4.69, 9.17) is 38.8 Å². The van der Waals surface area contributed by atoms with Crippen molar-refractivity contribution in [2.45, 2.75) is 172 Å². The van der Waals surface area contributed by atoms with Gasteiger partial charge in [-0.1, -0.05) is 108 Å². The van der Waals surface area contributed by atoms with Gasteiger partial charge in [-0.3, -0.25) is 4.55 Å². The maximum absolute atomic E-state index is 10.5. The Morgan fingerprint density at radius 2 is 1.04 bits per heavy atom. The molecule has 2 aliphatic heterocycles. The van der Waals surface area contributed by atoms with E-state index in [0.29, 0.717) is 59.6 Å². The lowest BCUT2D eigenvalue weighted by atomic mass is 9.55. The standard InChI is InChI=1S/C15H26O2.C14H24O2.C10H18O.C9H16O.C7H8O3S.CH4O/c1-11(2)13-9-12(15(13,3)4)10-17-14-7-5-6-8-16-14;1-4-11-9-12(14(11,2)3)10-16-13-7-5-6-8-15-13;1-7(2)9-5-8(6-11)10(9,3)4;1-4-7-5-8(6-10)9(7,2)3;1-6-2-4-7(5-3-6)11(8,9)10;1-2/h12,14H,5-10H2,1-4H3;4,11-13H,1,5-10H2,2-3H3;8,11H,5-6H2,1-4H3;4,7-8,10H,1,5-6H2,2-3H3;2-5H,1H3,(H,8,9,10);2H,1H3. The van der Waals surface area contributed by atoms with Crippen LogP contribution in [0.3, 0.4) is 0 Å². The van der Waals surface area contributed by atoms with Crippen LogP contribution in [-0.4, -0.2) is 87.6 Å². The molecule has 4 saturated carbocycles. The number of allylic oxidation sites excluding steroid dienone is 6. The van der Waals surface area contributed by atoms with Crippen LogP contribution < -0.4 is 0 Å². The zero-order chi connectivity index (χ0) is 51.0. The topological polar surface area (TPSA) is 152 Å². The smallest absolute Gasteiger partial charge is 0.294 e. The molecule has 4 aliphatic carbocycles. The molecule has 7 rings (SSSR count). The molecule has 1 aromatic carbocycles. The SMILES string of the molecule is C=CC1CC(CO)C1(C)C.C=CC1CC(COC2CCCCO2)C1(C)C.CC(C)=C1CC(CO)C1(C)C.CC(C)=C1CC(COC2CCCCO2)C1(C)C.CO.Cc1ccc(S(=O)(=O)O)cc1. The second-order valence-electron chi connectivity index (χ2n) is 22.3. The van der Waals surface area contributed by atoms with Gasteiger partial charge in [-0.15, -0.1) is 13.2 Å². The van der Waals surface area contributed by atoms with Gasteiger partial charge < -0.3 is 34.3 Å². The molecule has 8 unspecified atom stereocenters. The first-order chi connectivity index (χ1) is 31.3. The highest BCUT2D eigenvalue weighted by Gasteiger charge is 2.47. The van der Waals surface area contributed by atoms with Gasteiger partial charge in [-0.25, -0.2) is 0 Å². The largest absolute Gasteiger partial charge is 0.400 e. The Morgan fingerprint density at radius 1 is 0.657 bits per heavy atom. The molecule has 6 fully saturated rings. The number of rotatable bonds is 11. The van der Waals surface area contributed by atoms with E-state index in [9.17, 15) is 8.42 Å². The van der Waals surface area contributed by atoms with Crippen molar-refractivity contribution in [1.82, 2.24) is 0 Å². The lowest BCUT2D eigenvalue weighted by Gasteiger charge is -2.51. The summed E-state index contributed by atoms with van der Waals surface area (Å²) in [5.41, 5.74) is 8.26. The molecule has 0 bridgehead atoms. The van der Waals surface area contributed by atoms with Crippen LogP contribution in [0.4, 0.5) is 0 Å². The molecule has 0 amide bonds. The molecule has 2 heterocycles. The van der Waals surface area contributed by atoms with E-state index >= 15 is 0 Å². The van der Waals surface area contributed by atoms with Crippen LogP contribution in [0.15, 0.2) is 76.8 Å². The van der Waals surface area contributed by atoms with Gasteiger partial charge in [0.2, 0.25) is 0 Å². The Labute approximate surface area is 408 Å². The van der Waals surface area contributed by atoms with E-state index in [1.165, 1.54) is 67.4 Å². The van der Waals surface area contributed by atoms with Crippen molar-refractivity contribution >= 4 is 10.1 Å². The number of aliphatic hydroxyl groups is 3. The van der Waals surface area contributed by atoms with E-state index in [-0.39, 0.29) is 28.3 Å². The normalized spacial score (nSPS) is 29.2. The van der Waals surface area contributed by atoms with E-state index in [2.05, 4.69) is 102 Å². The fourth-order valence-electron chi connectivity index (χ4n) is 10.4. The first-order valence-electron chi connectivity index (χ1n) is 25.0. The van der Waals surface area contributed by atoms with Crippen molar-refractivity contribution in [2.75, 3.05) is 46.8 Å². The summed E-state index contributed by atoms with van der Waals surface area (Å²) in [5, 5.41) is 24.9. The van der Waals surface area contributed by atoms with Crippen LogP contribution in [0.5, 0.6) is 0 Å². The van der Waals surface area contributed by atoms with Gasteiger partial charge in [-0.05, 0) is 168 Å². The summed E-state index contributed by atoms with van der Waals surface area (Å²) in [5.74, 6) is 3.60. The van der Waals surface area contributed by atoms with Crippen LogP contribution in [-0.2, 0) is 29.1 Å². The predicted molar refractivity (Wildman–Crippen MR) is 274 cm³/mol. The maximum atomic E-state index is 10.5. The lowest BCUT2D eigenvalue weighted by molar-refractivity contribution is -0.187. The molecule has 1 aromatic rings. The van der Waals surface area contributed by atoms with E-state index < -0.39 is 10.1 Å². The van der Waals surface area contributed by atoms with Crippen molar-refractivity contribution in [3.63, 3.8) is 0 Å². The van der Waals surface area contributed by atoms with E-state index in [1.807, 2.05) is 13.0 Å². The number of ether oxygens (including phenoxy) is 4. The summed E-state index contributed by atoms with van der Waals surface area (Å²) in [4.78, 5) is -0.0666. The number of aryl methyl sites for hydroxylation is 1.